The fraction of sp³-hybridized carbons (Fsp3) is 0.250. The van der Waals surface area contributed by atoms with Crippen LogP contribution in [0.2, 0.25) is 0 Å². The van der Waals surface area contributed by atoms with Gasteiger partial charge in [0.15, 0.2) is 0 Å². The molecule has 0 aromatic heterocycles. The molecule has 7 nitrogen and oxygen atoms in total. The standard InChI is InChI=1S/C28H30N2O5/c1-34-27(32)25(29-28(33)35-21-24-15-9-4-10-16-24)17-18-26(31)30(19-22-11-5-2-6-12-22)20-23-13-7-3-8-14-23/h2-16,25H,17-21H2,1H3,(H,29,33)/t25-/m0/s1. The van der Waals surface area contributed by atoms with Crippen molar-refractivity contribution in [3.8, 4) is 0 Å². The second-order valence-electron chi connectivity index (χ2n) is 8.04. The van der Waals surface area contributed by atoms with E-state index in [4.69, 9.17) is 9.47 Å². The van der Waals surface area contributed by atoms with Crippen molar-refractivity contribution in [2.75, 3.05) is 7.11 Å². The molecule has 0 bridgehead atoms. The van der Waals surface area contributed by atoms with Gasteiger partial charge in [0, 0.05) is 19.5 Å². The van der Waals surface area contributed by atoms with E-state index in [1.54, 1.807) is 4.90 Å². The Kier molecular flexibility index (Phi) is 9.87. The van der Waals surface area contributed by atoms with Crippen LogP contribution in [0.15, 0.2) is 91.0 Å². The van der Waals surface area contributed by atoms with Crippen molar-refractivity contribution in [3.63, 3.8) is 0 Å². The van der Waals surface area contributed by atoms with Crippen molar-refractivity contribution < 1.29 is 23.9 Å². The molecule has 3 rings (SSSR count). The lowest BCUT2D eigenvalue weighted by Crippen LogP contribution is -2.42. The number of carbonyl (C=O) groups excluding carboxylic acids is 3. The first-order chi connectivity index (χ1) is 17.0. The van der Waals surface area contributed by atoms with Crippen LogP contribution in [0.4, 0.5) is 4.79 Å². The molecule has 182 valence electrons. The van der Waals surface area contributed by atoms with Gasteiger partial charge in [-0.05, 0) is 23.1 Å². The first-order valence-electron chi connectivity index (χ1n) is 11.5. The largest absolute Gasteiger partial charge is 0.467 e. The van der Waals surface area contributed by atoms with Crippen molar-refractivity contribution >= 4 is 18.0 Å². The Morgan fingerprint density at radius 3 is 1.74 bits per heavy atom. The smallest absolute Gasteiger partial charge is 0.408 e. The number of carbonyl (C=O) groups is 3. The van der Waals surface area contributed by atoms with E-state index < -0.39 is 18.1 Å². The van der Waals surface area contributed by atoms with E-state index in [9.17, 15) is 14.4 Å². The first kappa shape index (κ1) is 25.5. The second kappa shape index (κ2) is 13.5. The second-order valence-corrected chi connectivity index (χ2v) is 8.04. The molecule has 0 radical (unpaired) electrons. The highest BCUT2D eigenvalue weighted by atomic mass is 16.6. The van der Waals surface area contributed by atoms with Gasteiger partial charge in [-0.3, -0.25) is 4.79 Å². The quantitative estimate of drug-likeness (QED) is 0.415. The maximum absolute atomic E-state index is 13.2. The molecule has 0 aliphatic rings. The van der Waals surface area contributed by atoms with Gasteiger partial charge in [0.1, 0.15) is 12.6 Å². The van der Waals surface area contributed by atoms with Gasteiger partial charge in [-0.2, -0.15) is 0 Å². The fourth-order valence-corrected chi connectivity index (χ4v) is 3.56. The number of ether oxygens (including phenoxy) is 2. The molecular weight excluding hydrogens is 444 g/mol. The van der Waals surface area contributed by atoms with Crippen LogP contribution in [0.1, 0.15) is 29.5 Å². The molecular formula is C28H30N2O5. The molecule has 7 heteroatoms. The van der Waals surface area contributed by atoms with Gasteiger partial charge in [-0.15, -0.1) is 0 Å². The van der Waals surface area contributed by atoms with Gasteiger partial charge < -0.3 is 19.7 Å². The predicted octanol–water partition coefficient (Wildman–Crippen LogP) is 4.46. The van der Waals surface area contributed by atoms with Gasteiger partial charge in [0.25, 0.3) is 0 Å². The van der Waals surface area contributed by atoms with Gasteiger partial charge in [-0.1, -0.05) is 91.0 Å². The molecule has 1 atom stereocenters. The highest BCUT2D eigenvalue weighted by Crippen LogP contribution is 2.14. The minimum atomic E-state index is -0.998. The number of hydrogen-bond acceptors (Lipinski definition) is 5. The van der Waals surface area contributed by atoms with E-state index in [2.05, 4.69) is 5.32 Å². The minimum absolute atomic E-state index is 0.0540. The summed E-state index contributed by atoms with van der Waals surface area (Å²) in [7, 11) is 1.24. The van der Waals surface area contributed by atoms with Gasteiger partial charge in [0.2, 0.25) is 5.91 Å². The summed E-state index contributed by atoms with van der Waals surface area (Å²) in [5.74, 6) is -0.766. The number of nitrogens with zero attached hydrogens (tertiary/aromatic N) is 1. The van der Waals surface area contributed by atoms with Crippen LogP contribution in [0.5, 0.6) is 0 Å². The average Bonchev–Trinajstić information content (AvgIpc) is 2.90. The van der Waals surface area contributed by atoms with Crippen LogP contribution in [0.3, 0.4) is 0 Å². The number of alkyl carbamates (subject to hydrolysis) is 1. The molecule has 3 aromatic carbocycles. The van der Waals surface area contributed by atoms with Crippen LogP contribution in [0, 0.1) is 0 Å². The van der Waals surface area contributed by atoms with Crippen LogP contribution in [-0.2, 0) is 38.8 Å². The third-order valence-corrected chi connectivity index (χ3v) is 5.42. The molecule has 0 heterocycles. The monoisotopic (exact) mass is 474 g/mol. The molecule has 0 unspecified atom stereocenters. The van der Waals surface area contributed by atoms with E-state index in [-0.39, 0.29) is 25.4 Å². The SMILES string of the molecule is COC(=O)[C@H](CCC(=O)N(Cc1ccccc1)Cc1ccccc1)NC(=O)OCc1ccccc1. The molecule has 3 aromatic rings. The summed E-state index contributed by atoms with van der Waals surface area (Å²) >= 11 is 0. The van der Waals surface area contributed by atoms with Crippen molar-refractivity contribution in [1.29, 1.82) is 0 Å². The fourth-order valence-electron chi connectivity index (χ4n) is 3.56. The zero-order chi connectivity index (χ0) is 24.9. The Bertz CT molecular complexity index is 1030. The van der Waals surface area contributed by atoms with Gasteiger partial charge in [0.05, 0.1) is 7.11 Å². The molecule has 2 amide bonds. The summed E-state index contributed by atoms with van der Waals surface area (Å²) < 4.78 is 10.0. The lowest BCUT2D eigenvalue weighted by molar-refractivity contribution is -0.143. The van der Waals surface area contributed by atoms with Crippen LogP contribution >= 0.6 is 0 Å². The minimum Gasteiger partial charge on any atom is -0.467 e. The van der Waals surface area contributed by atoms with Crippen molar-refractivity contribution in [2.45, 2.75) is 38.6 Å². The number of nitrogens with one attached hydrogen (secondary N) is 1. The summed E-state index contributed by atoms with van der Waals surface area (Å²) in [6.45, 7) is 0.940. The number of benzene rings is 3. The van der Waals surface area contributed by atoms with Crippen molar-refractivity contribution in [3.05, 3.63) is 108 Å². The zero-order valence-corrected chi connectivity index (χ0v) is 19.8. The highest BCUT2D eigenvalue weighted by Gasteiger charge is 2.25. The zero-order valence-electron chi connectivity index (χ0n) is 19.8. The Balaban J connectivity index is 1.61. The number of methoxy groups -OCH3 is 1. The third-order valence-electron chi connectivity index (χ3n) is 5.42. The van der Waals surface area contributed by atoms with Crippen LogP contribution in [-0.4, -0.2) is 36.0 Å². The summed E-state index contributed by atoms with van der Waals surface area (Å²) in [5.41, 5.74) is 2.83. The molecule has 0 aliphatic carbocycles. The molecule has 0 saturated heterocycles. The predicted molar refractivity (Wildman–Crippen MR) is 132 cm³/mol. The third kappa shape index (κ3) is 8.62. The van der Waals surface area contributed by atoms with Gasteiger partial charge >= 0.3 is 12.1 Å². The van der Waals surface area contributed by atoms with E-state index in [1.807, 2.05) is 91.0 Å². The molecule has 0 saturated carbocycles. The molecule has 0 aliphatic heterocycles. The Hall–Kier alpha value is -4.13. The Morgan fingerprint density at radius 2 is 1.26 bits per heavy atom. The van der Waals surface area contributed by atoms with E-state index in [0.29, 0.717) is 13.1 Å². The Labute approximate surface area is 205 Å². The van der Waals surface area contributed by atoms with E-state index in [1.165, 1.54) is 7.11 Å². The van der Waals surface area contributed by atoms with E-state index in [0.717, 1.165) is 16.7 Å². The lowest BCUT2D eigenvalue weighted by atomic mass is 10.1. The maximum atomic E-state index is 13.2. The lowest BCUT2D eigenvalue weighted by Gasteiger charge is -2.24. The number of amides is 2. The number of esters is 1. The van der Waals surface area contributed by atoms with Crippen LogP contribution in [0.25, 0.3) is 0 Å². The summed E-state index contributed by atoms with van der Waals surface area (Å²) in [5, 5.41) is 2.53. The molecule has 35 heavy (non-hydrogen) atoms. The summed E-state index contributed by atoms with van der Waals surface area (Å²) in [6.07, 6.45) is -0.605. The maximum Gasteiger partial charge on any atom is 0.408 e. The number of rotatable bonds is 11. The normalized spacial score (nSPS) is 11.2. The number of hydrogen-bond donors (Lipinski definition) is 1. The Morgan fingerprint density at radius 1 is 0.771 bits per heavy atom. The molecule has 1 N–H and O–H groups in total. The topological polar surface area (TPSA) is 84.9 Å². The average molecular weight is 475 g/mol. The van der Waals surface area contributed by atoms with Gasteiger partial charge in [-0.25, -0.2) is 9.59 Å². The van der Waals surface area contributed by atoms with Crippen LogP contribution < -0.4 is 5.32 Å². The highest BCUT2D eigenvalue weighted by molar-refractivity contribution is 5.82. The summed E-state index contributed by atoms with van der Waals surface area (Å²) in [4.78, 5) is 39.5. The molecule has 0 fully saturated rings. The van der Waals surface area contributed by atoms with Crippen molar-refractivity contribution in [2.24, 2.45) is 0 Å². The first-order valence-corrected chi connectivity index (χ1v) is 11.5. The molecule has 0 spiro atoms. The van der Waals surface area contributed by atoms with Crippen molar-refractivity contribution in [1.82, 2.24) is 10.2 Å². The van der Waals surface area contributed by atoms with E-state index >= 15 is 0 Å². The summed E-state index contributed by atoms with van der Waals surface area (Å²) in [6, 6.07) is 27.7.